The van der Waals surface area contributed by atoms with Gasteiger partial charge in [0.05, 0.1) is 5.66 Å². The molecule has 3 aliphatic rings. The molecule has 1 saturated carbocycles. The summed E-state index contributed by atoms with van der Waals surface area (Å²) in [6.07, 6.45) is 6.56. The first-order valence-electron chi connectivity index (χ1n) is 14.4. The second-order valence-electron chi connectivity index (χ2n) is 12.6. The highest BCUT2D eigenvalue weighted by Crippen LogP contribution is 2.56. The fourth-order valence-corrected chi connectivity index (χ4v) is 7.50. The van der Waals surface area contributed by atoms with Crippen LogP contribution in [-0.2, 0) is 16.9 Å². The maximum Gasteiger partial charge on any atom is 0.300 e. The zero-order chi connectivity index (χ0) is 26.8. The first-order valence-corrected chi connectivity index (χ1v) is 14.4. The number of carbonyl (C=O) groups is 1. The van der Waals surface area contributed by atoms with Gasteiger partial charge in [-0.15, -0.1) is 0 Å². The van der Waals surface area contributed by atoms with Crippen LogP contribution in [0.5, 0.6) is 0 Å². The highest BCUT2D eigenvalue weighted by molar-refractivity contribution is 5.63. The molecule has 4 heteroatoms. The van der Waals surface area contributed by atoms with Crippen molar-refractivity contribution in [1.29, 1.82) is 0 Å². The van der Waals surface area contributed by atoms with Crippen molar-refractivity contribution >= 4 is 5.97 Å². The first-order chi connectivity index (χ1) is 17.5. The fourth-order valence-electron chi connectivity index (χ4n) is 7.50. The molecular formula is C33H48N2O2. The minimum absolute atomic E-state index is 0.0696. The van der Waals surface area contributed by atoms with Crippen LogP contribution in [0.25, 0.3) is 0 Å². The molecule has 5 atom stereocenters. The van der Waals surface area contributed by atoms with E-state index in [1.54, 1.807) is 11.1 Å². The first kappa shape index (κ1) is 27.9. The Labute approximate surface area is 224 Å². The Bertz CT molecular complexity index is 1060. The van der Waals surface area contributed by atoms with Crippen LogP contribution in [-0.4, -0.2) is 35.6 Å². The van der Waals surface area contributed by atoms with Gasteiger partial charge in [0.15, 0.2) is 0 Å². The van der Waals surface area contributed by atoms with E-state index in [1.165, 1.54) is 56.3 Å². The summed E-state index contributed by atoms with van der Waals surface area (Å²) in [6.45, 7) is 16.8. The maximum atomic E-state index is 9.00. The van der Waals surface area contributed by atoms with Crippen LogP contribution in [0.1, 0.15) is 101 Å². The van der Waals surface area contributed by atoms with E-state index in [0.717, 1.165) is 31.2 Å². The van der Waals surface area contributed by atoms with Gasteiger partial charge >= 0.3 is 0 Å². The number of nitrogens with zero attached hydrogens (tertiary/aromatic N) is 1. The van der Waals surface area contributed by atoms with Crippen LogP contribution < -0.4 is 5.32 Å². The average Bonchev–Trinajstić information content (AvgIpc) is 2.87. The van der Waals surface area contributed by atoms with Crippen LogP contribution in [0.3, 0.4) is 0 Å². The molecule has 2 aromatic rings. The van der Waals surface area contributed by atoms with Crippen LogP contribution >= 0.6 is 0 Å². The largest absolute Gasteiger partial charge is 0.481 e. The number of hydrogen-bond acceptors (Lipinski definition) is 3. The van der Waals surface area contributed by atoms with E-state index >= 15 is 0 Å². The van der Waals surface area contributed by atoms with Crippen molar-refractivity contribution in [2.75, 3.05) is 19.6 Å². The van der Waals surface area contributed by atoms with Crippen LogP contribution in [0.4, 0.5) is 0 Å². The minimum Gasteiger partial charge on any atom is -0.481 e. The summed E-state index contributed by atoms with van der Waals surface area (Å²) in [6, 6.07) is 18.6. The molecule has 0 spiro atoms. The Morgan fingerprint density at radius 3 is 2.51 bits per heavy atom. The molecule has 4 nitrogen and oxygen atoms in total. The number of rotatable bonds is 4. The van der Waals surface area contributed by atoms with Crippen molar-refractivity contribution in [2.24, 2.45) is 17.3 Å². The summed E-state index contributed by atoms with van der Waals surface area (Å²) in [5, 5.41) is 11.3. The summed E-state index contributed by atoms with van der Waals surface area (Å²) in [7, 11) is 0. The van der Waals surface area contributed by atoms with Crippen LogP contribution in [0.2, 0.25) is 0 Å². The second-order valence-corrected chi connectivity index (χ2v) is 12.6. The van der Waals surface area contributed by atoms with Gasteiger partial charge in [-0.05, 0) is 96.9 Å². The van der Waals surface area contributed by atoms with Gasteiger partial charge in [0, 0.05) is 20.0 Å². The van der Waals surface area contributed by atoms with Crippen LogP contribution in [0, 0.1) is 17.3 Å². The lowest BCUT2D eigenvalue weighted by molar-refractivity contribution is -0.134. The predicted octanol–water partition coefficient (Wildman–Crippen LogP) is 7.15. The molecule has 0 bridgehead atoms. The van der Waals surface area contributed by atoms with Gasteiger partial charge < -0.3 is 5.11 Å². The molecule has 2 aromatic carbocycles. The molecular weight excluding hydrogens is 456 g/mol. The molecule has 2 fully saturated rings. The van der Waals surface area contributed by atoms with E-state index in [4.69, 9.17) is 9.90 Å². The molecule has 0 amide bonds. The normalized spacial score (nSPS) is 31.6. The van der Waals surface area contributed by atoms with Crippen molar-refractivity contribution in [3.8, 4) is 0 Å². The predicted molar refractivity (Wildman–Crippen MR) is 153 cm³/mol. The third-order valence-electron chi connectivity index (χ3n) is 9.62. The summed E-state index contributed by atoms with van der Waals surface area (Å²) < 4.78 is 0. The molecule has 1 heterocycles. The number of fused-ring (bicyclic) bond motifs is 3. The molecule has 1 aliphatic heterocycles. The lowest BCUT2D eigenvalue weighted by Crippen LogP contribution is -2.62. The third kappa shape index (κ3) is 5.81. The monoisotopic (exact) mass is 504 g/mol. The van der Waals surface area contributed by atoms with E-state index in [-0.39, 0.29) is 5.66 Å². The van der Waals surface area contributed by atoms with Gasteiger partial charge in [0.1, 0.15) is 0 Å². The van der Waals surface area contributed by atoms with Crippen molar-refractivity contribution in [1.82, 2.24) is 10.2 Å². The fraction of sp³-hybridized carbons (Fsp3) is 0.606. The van der Waals surface area contributed by atoms with Gasteiger partial charge in [-0.3, -0.25) is 15.0 Å². The summed E-state index contributed by atoms with van der Waals surface area (Å²) in [4.78, 5) is 11.8. The number of carboxylic acids is 1. The van der Waals surface area contributed by atoms with Crippen LogP contribution in [0.15, 0.2) is 48.5 Å². The molecule has 0 radical (unpaired) electrons. The molecule has 5 unspecified atom stereocenters. The number of hydrogen-bond donors (Lipinski definition) is 2. The van der Waals surface area contributed by atoms with Crippen molar-refractivity contribution in [3.05, 3.63) is 70.8 Å². The van der Waals surface area contributed by atoms with Crippen molar-refractivity contribution < 1.29 is 9.90 Å². The SMILES string of the molecule is CC(=O)O.CC(C)c1ccc2c(c1)CCC1C2C(C)CCC1(C)CN1CCCNC1(C)c1ccccc1. The number of nitrogens with one attached hydrogen (secondary N) is 1. The zero-order valence-corrected chi connectivity index (χ0v) is 23.9. The van der Waals surface area contributed by atoms with Crippen molar-refractivity contribution in [2.45, 2.75) is 91.1 Å². The van der Waals surface area contributed by atoms with E-state index < -0.39 is 5.97 Å². The van der Waals surface area contributed by atoms with Gasteiger partial charge in [-0.25, -0.2) is 0 Å². The standard InChI is InChI=1S/C31H44N2.C2H4O2/c1-22(2)24-12-14-27-25(20-24)13-15-28-29(27)23(3)16-17-30(28,4)21-33-19-9-18-32-31(33,5)26-10-7-6-8-11-26;1-2(3)4/h6-8,10-12,14,20,22-23,28-29,32H,9,13,15-19,21H2,1-5H3;1H3,(H,3,4). The Kier molecular flexibility index (Phi) is 8.50. The lowest BCUT2D eigenvalue weighted by atomic mass is 9.53. The second kappa shape index (κ2) is 11.3. The topological polar surface area (TPSA) is 52.6 Å². The number of aryl methyl sites for hydroxylation is 1. The average molecular weight is 505 g/mol. The number of benzene rings is 2. The molecule has 37 heavy (non-hydrogen) atoms. The van der Waals surface area contributed by atoms with E-state index in [0.29, 0.717) is 11.3 Å². The molecule has 1 saturated heterocycles. The summed E-state index contributed by atoms with van der Waals surface area (Å²) >= 11 is 0. The molecule has 202 valence electrons. The highest BCUT2D eigenvalue weighted by atomic mass is 16.4. The molecule has 2 N–H and O–H groups in total. The van der Waals surface area contributed by atoms with Gasteiger partial charge in [-0.1, -0.05) is 76.2 Å². The highest BCUT2D eigenvalue weighted by Gasteiger charge is 2.50. The minimum atomic E-state index is -0.833. The maximum absolute atomic E-state index is 9.00. The van der Waals surface area contributed by atoms with Gasteiger partial charge in [-0.2, -0.15) is 0 Å². The molecule has 5 rings (SSSR count). The van der Waals surface area contributed by atoms with Gasteiger partial charge in [0.25, 0.3) is 5.97 Å². The Balaban J connectivity index is 0.000000747. The smallest absolute Gasteiger partial charge is 0.300 e. The third-order valence-corrected chi connectivity index (χ3v) is 9.62. The van der Waals surface area contributed by atoms with Crippen molar-refractivity contribution in [3.63, 3.8) is 0 Å². The lowest BCUT2D eigenvalue weighted by Gasteiger charge is -2.56. The van der Waals surface area contributed by atoms with E-state index in [2.05, 4.69) is 93.4 Å². The Hall–Kier alpha value is -2.17. The quantitative estimate of drug-likeness (QED) is 0.464. The summed E-state index contributed by atoms with van der Waals surface area (Å²) in [5.74, 6) is 2.06. The zero-order valence-electron chi connectivity index (χ0n) is 23.9. The Morgan fingerprint density at radius 1 is 1.14 bits per heavy atom. The molecule has 0 aromatic heterocycles. The van der Waals surface area contributed by atoms with Gasteiger partial charge in [0.2, 0.25) is 0 Å². The summed E-state index contributed by atoms with van der Waals surface area (Å²) in [5.41, 5.74) is 6.53. The number of aliphatic carboxylic acids is 1. The molecule has 2 aliphatic carbocycles. The van der Waals surface area contributed by atoms with E-state index in [9.17, 15) is 0 Å². The Morgan fingerprint density at radius 2 is 1.84 bits per heavy atom. The van der Waals surface area contributed by atoms with E-state index in [1.807, 2.05) is 0 Å². The number of carboxylic acid groups (broad SMARTS) is 1.